The molecule has 0 saturated heterocycles. The number of nitrogens with one attached hydrogen (secondary N) is 2. The molecule has 2 N–H and O–H groups in total. The number of nitrogens with zero attached hydrogens (tertiary/aromatic N) is 1. The molecule has 1 aromatic rings. The standard InChI is InChI=1S/C14H21N3O2/c18-17(19)14-8-6-13(7-9-14)16-11-10-15-12-4-2-1-3-5-12/h6-9,12,15-16H,1-5,10-11H2. The smallest absolute Gasteiger partial charge is 0.269 e. The third kappa shape index (κ3) is 4.52. The van der Waals surface area contributed by atoms with Crippen LogP contribution in [0.15, 0.2) is 24.3 Å². The van der Waals surface area contributed by atoms with Gasteiger partial charge in [0.25, 0.3) is 5.69 Å². The van der Waals surface area contributed by atoms with Crippen LogP contribution in [0, 0.1) is 10.1 Å². The largest absolute Gasteiger partial charge is 0.384 e. The number of hydrogen-bond acceptors (Lipinski definition) is 4. The van der Waals surface area contributed by atoms with Crippen LogP contribution in [0.1, 0.15) is 32.1 Å². The zero-order valence-electron chi connectivity index (χ0n) is 11.1. The summed E-state index contributed by atoms with van der Waals surface area (Å²) in [5, 5.41) is 17.3. The molecule has 0 atom stereocenters. The molecule has 1 aromatic carbocycles. The molecule has 0 aromatic heterocycles. The Kier molecular flexibility index (Phi) is 5.15. The molecule has 1 aliphatic rings. The molecule has 5 heteroatoms. The maximum atomic E-state index is 10.5. The highest BCUT2D eigenvalue weighted by Gasteiger charge is 2.11. The summed E-state index contributed by atoms with van der Waals surface area (Å²) < 4.78 is 0. The fourth-order valence-electron chi connectivity index (χ4n) is 2.49. The molecule has 0 heterocycles. The van der Waals surface area contributed by atoms with Gasteiger partial charge in [-0.25, -0.2) is 0 Å². The molecule has 0 radical (unpaired) electrons. The number of non-ortho nitro benzene ring substituents is 1. The first kappa shape index (κ1) is 13.8. The Morgan fingerprint density at radius 3 is 2.42 bits per heavy atom. The van der Waals surface area contributed by atoms with Gasteiger partial charge in [-0.2, -0.15) is 0 Å². The highest BCUT2D eigenvalue weighted by Crippen LogP contribution is 2.17. The average Bonchev–Trinajstić information content (AvgIpc) is 2.45. The zero-order chi connectivity index (χ0) is 13.5. The Morgan fingerprint density at radius 2 is 1.79 bits per heavy atom. The maximum absolute atomic E-state index is 10.5. The van der Waals surface area contributed by atoms with Gasteiger partial charge in [0.05, 0.1) is 4.92 Å². The summed E-state index contributed by atoms with van der Waals surface area (Å²) in [5.41, 5.74) is 1.06. The molecular formula is C14H21N3O2. The minimum Gasteiger partial charge on any atom is -0.384 e. The summed E-state index contributed by atoms with van der Waals surface area (Å²) in [6.45, 7) is 1.77. The van der Waals surface area contributed by atoms with Gasteiger partial charge in [-0.3, -0.25) is 10.1 Å². The summed E-state index contributed by atoms with van der Waals surface area (Å²) >= 11 is 0. The SMILES string of the molecule is O=[N+]([O-])c1ccc(NCCNC2CCCCC2)cc1. The van der Waals surface area contributed by atoms with E-state index in [-0.39, 0.29) is 10.6 Å². The highest BCUT2D eigenvalue weighted by molar-refractivity contribution is 5.48. The molecule has 1 fully saturated rings. The first-order valence-corrected chi connectivity index (χ1v) is 6.97. The summed E-state index contributed by atoms with van der Waals surface area (Å²) in [5.74, 6) is 0. The average molecular weight is 263 g/mol. The molecular weight excluding hydrogens is 242 g/mol. The number of nitro groups is 1. The van der Waals surface area contributed by atoms with Crippen molar-refractivity contribution in [3.05, 3.63) is 34.4 Å². The van der Waals surface area contributed by atoms with E-state index >= 15 is 0 Å². The van der Waals surface area contributed by atoms with Crippen molar-refractivity contribution in [2.75, 3.05) is 18.4 Å². The van der Waals surface area contributed by atoms with Crippen molar-refractivity contribution < 1.29 is 4.92 Å². The van der Waals surface area contributed by atoms with Crippen molar-refractivity contribution in [2.24, 2.45) is 0 Å². The van der Waals surface area contributed by atoms with E-state index in [0.29, 0.717) is 6.04 Å². The third-order valence-corrected chi connectivity index (χ3v) is 3.57. The second-order valence-corrected chi connectivity index (χ2v) is 5.02. The van der Waals surface area contributed by atoms with E-state index in [1.807, 2.05) is 0 Å². The predicted octanol–water partition coefficient (Wildman–Crippen LogP) is 2.93. The number of benzene rings is 1. The molecule has 1 aliphatic carbocycles. The predicted molar refractivity (Wildman–Crippen MR) is 76.5 cm³/mol. The molecule has 1 saturated carbocycles. The lowest BCUT2D eigenvalue weighted by atomic mass is 9.95. The second-order valence-electron chi connectivity index (χ2n) is 5.02. The summed E-state index contributed by atoms with van der Waals surface area (Å²) in [6.07, 6.45) is 6.63. The fraction of sp³-hybridized carbons (Fsp3) is 0.571. The Labute approximate surface area is 113 Å². The fourth-order valence-corrected chi connectivity index (χ4v) is 2.49. The lowest BCUT2D eigenvalue weighted by Crippen LogP contribution is -2.34. The minimum atomic E-state index is -0.381. The van der Waals surface area contributed by atoms with Gasteiger partial charge in [0.1, 0.15) is 0 Å². The van der Waals surface area contributed by atoms with Crippen LogP contribution in [0.2, 0.25) is 0 Å². The van der Waals surface area contributed by atoms with E-state index in [1.165, 1.54) is 44.2 Å². The van der Waals surface area contributed by atoms with E-state index in [9.17, 15) is 10.1 Å². The molecule has 0 aliphatic heterocycles. The Balaban J connectivity index is 1.66. The normalized spacial score (nSPS) is 16.2. The summed E-state index contributed by atoms with van der Waals surface area (Å²) in [6, 6.07) is 7.22. The lowest BCUT2D eigenvalue weighted by Gasteiger charge is -2.22. The zero-order valence-corrected chi connectivity index (χ0v) is 11.1. The van der Waals surface area contributed by atoms with E-state index < -0.39 is 0 Å². The van der Waals surface area contributed by atoms with Crippen LogP contribution in [0.4, 0.5) is 11.4 Å². The van der Waals surface area contributed by atoms with Crippen molar-refractivity contribution in [3.8, 4) is 0 Å². The van der Waals surface area contributed by atoms with Gasteiger partial charge < -0.3 is 10.6 Å². The van der Waals surface area contributed by atoms with Crippen molar-refractivity contribution in [1.82, 2.24) is 5.32 Å². The van der Waals surface area contributed by atoms with Crippen LogP contribution in [-0.4, -0.2) is 24.1 Å². The summed E-state index contributed by atoms with van der Waals surface area (Å²) in [4.78, 5) is 10.1. The topological polar surface area (TPSA) is 67.2 Å². The van der Waals surface area contributed by atoms with E-state index in [1.54, 1.807) is 12.1 Å². The van der Waals surface area contributed by atoms with Crippen LogP contribution in [-0.2, 0) is 0 Å². The van der Waals surface area contributed by atoms with E-state index in [2.05, 4.69) is 10.6 Å². The molecule has 5 nitrogen and oxygen atoms in total. The van der Waals surface area contributed by atoms with Crippen molar-refractivity contribution in [1.29, 1.82) is 0 Å². The Morgan fingerprint density at radius 1 is 1.11 bits per heavy atom. The number of rotatable bonds is 6. The number of hydrogen-bond donors (Lipinski definition) is 2. The van der Waals surface area contributed by atoms with Crippen LogP contribution in [0.3, 0.4) is 0 Å². The quantitative estimate of drug-likeness (QED) is 0.470. The van der Waals surface area contributed by atoms with Crippen LogP contribution < -0.4 is 10.6 Å². The van der Waals surface area contributed by atoms with Crippen molar-refractivity contribution in [2.45, 2.75) is 38.1 Å². The van der Waals surface area contributed by atoms with Gasteiger partial charge in [-0.15, -0.1) is 0 Å². The van der Waals surface area contributed by atoms with E-state index in [4.69, 9.17) is 0 Å². The van der Waals surface area contributed by atoms with Crippen molar-refractivity contribution >= 4 is 11.4 Å². The second kappa shape index (κ2) is 7.09. The monoisotopic (exact) mass is 263 g/mol. The van der Waals surface area contributed by atoms with Gasteiger partial charge in [-0.1, -0.05) is 19.3 Å². The van der Waals surface area contributed by atoms with Gasteiger partial charge in [0.15, 0.2) is 0 Å². The van der Waals surface area contributed by atoms with Gasteiger partial charge >= 0.3 is 0 Å². The lowest BCUT2D eigenvalue weighted by molar-refractivity contribution is -0.384. The Hall–Kier alpha value is -1.62. The molecule has 0 bridgehead atoms. The molecule has 0 unspecified atom stereocenters. The molecule has 19 heavy (non-hydrogen) atoms. The molecule has 0 amide bonds. The van der Waals surface area contributed by atoms with Gasteiger partial charge in [-0.05, 0) is 25.0 Å². The number of nitro benzene ring substituents is 1. The van der Waals surface area contributed by atoms with Gasteiger partial charge in [0, 0.05) is 37.0 Å². The van der Waals surface area contributed by atoms with E-state index in [0.717, 1.165) is 18.8 Å². The van der Waals surface area contributed by atoms with Crippen LogP contribution >= 0.6 is 0 Å². The first-order chi connectivity index (χ1) is 9.25. The molecule has 2 rings (SSSR count). The minimum absolute atomic E-state index is 0.130. The molecule has 0 spiro atoms. The highest BCUT2D eigenvalue weighted by atomic mass is 16.6. The first-order valence-electron chi connectivity index (χ1n) is 6.97. The third-order valence-electron chi connectivity index (χ3n) is 3.57. The van der Waals surface area contributed by atoms with Crippen LogP contribution in [0.5, 0.6) is 0 Å². The van der Waals surface area contributed by atoms with Crippen LogP contribution in [0.25, 0.3) is 0 Å². The maximum Gasteiger partial charge on any atom is 0.269 e. The van der Waals surface area contributed by atoms with Gasteiger partial charge in [0.2, 0.25) is 0 Å². The van der Waals surface area contributed by atoms with Crippen molar-refractivity contribution in [3.63, 3.8) is 0 Å². The summed E-state index contributed by atoms with van der Waals surface area (Å²) in [7, 11) is 0. The Bertz CT molecular complexity index is 400. The number of anilines is 1. The molecule has 104 valence electrons.